The Hall–Kier alpha value is -2.39. The lowest BCUT2D eigenvalue weighted by atomic mass is 10.2. The summed E-state index contributed by atoms with van der Waals surface area (Å²) in [6.45, 7) is 4.73. The molecule has 2 N–H and O–H groups in total. The molecule has 0 saturated carbocycles. The Morgan fingerprint density at radius 3 is 2.37 bits per heavy atom. The summed E-state index contributed by atoms with van der Waals surface area (Å²) in [5, 5.41) is 2.75. The lowest BCUT2D eigenvalue weighted by Crippen LogP contribution is -2.41. The average Bonchev–Trinajstić information content (AvgIpc) is 2.73. The van der Waals surface area contributed by atoms with Gasteiger partial charge in [0.05, 0.1) is 11.4 Å². The summed E-state index contributed by atoms with van der Waals surface area (Å²) in [7, 11) is -3.87. The van der Waals surface area contributed by atoms with Crippen molar-refractivity contribution in [3.8, 4) is 0 Å². The van der Waals surface area contributed by atoms with Crippen molar-refractivity contribution >= 4 is 43.5 Å². The van der Waals surface area contributed by atoms with Crippen molar-refractivity contribution in [2.45, 2.75) is 31.6 Å². The van der Waals surface area contributed by atoms with Crippen LogP contribution in [-0.4, -0.2) is 44.8 Å². The number of hydrogen-bond donors (Lipinski definition) is 2. The Morgan fingerprint density at radius 1 is 1.03 bits per heavy atom. The molecule has 0 unspecified atom stereocenters. The second kappa shape index (κ2) is 11.1. The second-order valence-electron chi connectivity index (χ2n) is 6.72. The number of hydrogen-bond acceptors (Lipinski definition) is 4. The summed E-state index contributed by atoms with van der Waals surface area (Å²) in [6, 6.07) is 12.5. The molecule has 30 heavy (non-hydrogen) atoms. The van der Waals surface area contributed by atoms with Gasteiger partial charge in [-0.3, -0.25) is 14.3 Å². The zero-order chi connectivity index (χ0) is 22.1. The summed E-state index contributed by atoms with van der Waals surface area (Å²) in [5.41, 5.74) is 0.626. The summed E-state index contributed by atoms with van der Waals surface area (Å²) in [5.74, 6) is -0.622. The number of benzene rings is 2. The largest absolute Gasteiger partial charge is 0.355 e. The Balaban J connectivity index is 2.21. The van der Waals surface area contributed by atoms with Crippen molar-refractivity contribution in [1.29, 1.82) is 0 Å². The number of nitrogens with zero attached hydrogens (tertiary/aromatic N) is 1. The van der Waals surface area contributed by atoms with E-state index in [1.807, 2.05) is 13.8 Å². The van der Waals surface area contributed by atoms with Crippen LogP contribution in [0.4, 0.5) is 5.69 Å². The van der Waals surface area contributed by atoms with Crippen LogP contribution in [-0.2, 0) is 14.8 Å². The van der Waals surface area contributed by atoms with E-state index in [1.54, 1.807) is 30.3 Å². The van der Waals surface area contributed by atoms with Crippen LogP contribution in [0.3, 0.4) is 0 Å². The van der Waals surface area contributed by atoms with Crippen LogP contribution in [0.2, 0.25) is 0 Å². The van der Waals surface area contributed by atoms with Crippen LogP contribution in [0.5, 0.6) is 0 Å². The molecule has 9 heteroatoms. The van der Waals surface area contributed by atoms with Gasteiger partial charge in [-0.05, 0) is 55.3 Å². The standard InChI is InChI=1S/C21H26BrN3O4S/c1-3-12-23-20(26)15-25(13-4-2)21(27)16-6-5-7-19(14-16)30(28,29)24-18-10-8-17(22)9-11-18/h5-11,14,24H,3-4,12-13,15H2,1-2H3,(H,23,26). The molecule has 0 radical (unpaired) electrons. The maximum absolute atomic E-state index is 12.9. The van der Waals surface area contributed by atoms with Gasteiger partial charge in [0.25, 0.3) is 15.9 Å². The molecular weight excluding hydrogens is 470 g/mol. The zero-order valence-corrected chi connectivity index (χ0v) is 19.4. The molecule has 162 valence electrons. The number of halogens is 1. The first-order chi connectivity index (χ1) is 14.3. The number of amides is 2. The maximum Gasteiger partial charge on any atom is 0.261 e. The number of anilines is 1. The van der Waals surface area contributed by atoms with Crippen LogP contribution >= 0.6 is 15.9 Å². The number of sulfonamides is 1. The molecule has 0 saturated heterocycles. The molecule has 0 heterocycles. The minimum absolute atomic E-state index is 0.0249. The maximum atomic E-state index is 12.9. The summed E-state index contributed by atoms with van der Waals surface area (Å²) < 4.78 is 28.8. The molecule has 0 fully saturated rings. The van der Waals surface area contributed by atoms with E-state index < -0.39 is 10.0 Å². The fraction of sp³-hybridized carbons (Fsp3) is 0.333. The van der Waals surface area contributed by atoms with E-state index in [1.165, 1.54) is 23.1 Å². The average molecular weight is 496 g/mol. The van der Waals surface area contributed by atoms with E-state index in [4.69, 9.17) is 0 Å². The molecule has 0 aliphatic heterocycles. The fourth-order valence-corrected chi connectivity index (χ4v) is 4.10. The Labute approximate surface area is 186 Å². The number of nitrogens with one attached hydrogen (secondary N) is 2. The second-order valence-corrected chi connectivity index (χ2v) is 9.31. The van der Waals surface area contributed by atoms with Crippen molar-refractivity contribution in [1.82, 2.24) is 10.2 Å². The van der Waals surface area contributed by atoms with Gasteiger partial charge < -0.3 is 10.2 Å². The minimum Gasteiger partial charge on any atom is -0.355 e. The van der Waals surface area contributed by atoms with Crippen LogP contribution in [0.25, 0.3) is 0 Å². The van der Waals surface area contributed by atoms with E-state index in [2.05, 4.69) is 26.0 Å². The molecule has 0 aromatic heterocycles. The van der Waals surface area contributed by atoms with Gasteiger partial charge in [0.1, 0.15) is 0 Å². The fourth-order valence-electron chi connectivity index (χ4n) is 2.73. The predicted octanol–water partition coefficient (Wildman–Crippen LogP) is 3.63. The summed E-state index contributed by atoms with van der Waals surface area (Å²) >= 11 is 3.30. The third-order valence-corrected chi connectivity index (χ3v) is 6.08. The van der Waals surface area contributed by atoms with Gasteiger partial charge in [-0.15, -0.1) is 0 Å². The first-order valence-corrected chi connectivity index (χ1v) is 12.0. The molecule has 2 aromatic rings. The molecule has 2 aromatic carbocycles. The van der Waals surface area contributed by atoms with Gasteiger partial charge >= 0.3 is 0 Å². The first kappa shape index (κ1) is 23.9. The summed E-state index contributed by atoms with van der Waals surface area (Å²) in [6.07, 6.45) is 1.48. The van der Waals surface area contributed by atoms with E-state index in [0.29, 0.717) is 25.2 Å². The van der Waals surface area contributed by atoms with E-state index in [0.717, 1.165) is 10.9 Å². The highest BCUT2D eigenvalue weighted by atomic mass is 79.9. The lowest BCUT2D eigenvalue weighted by Gasteiger charge is -2.22. The predicted molar refractivity (Wildman–Crippen MR) is 121 cm³/mol. The van der Waals surface area contributed by atoms with Crippen molar-refractivity contribution in [3.05, 3.63) is 58.6 Å². The highest BCUT2D eigenvalue weighted by molar-refractivity contribution is 9.10. The number of carbonyl (C=O) groups is 2. The highest BCUT2D eigenvalue weighted by Crippen LogP contribution is 2.20. The smallest absolute Gasteiger partial charge is 0.261 e. The third kappa shape index (κ3) is 6.84. The van der Waals surface area contributed by atoms with Crippen molar-refractivity contribution in [2.24, 2.45) is 0 Å². The van der Waals surface area contributed by atoms with Crippen LogP contribution in [0.15, 0.2) is 57.9 Å². The van der Waals surface area contributed by atoms with Crippen LogP contribution in [0.1, 0.15) is 37.0 Å². The van der Waals surface area contributed by atoms with Crippen LogP contribution < -0.4 is 10.0 Å². The molecule has 0 spiro atoms. The van der Waals surface area contributed by atoms with Crippen LogP contribution in [0, 0.1) is 0 Å². The third-order valence-electron chi connectivity index (χ3n) is 4.18. The van der Waals surface area contributed by atoms with Gasteiger partial charge in [0.15, 0.2) is 0 Å². The topological polar surface area (TPSA) is 95.6 Å². The summed E-state index contributed by atoms with van der Waals surface area (Å²) in [4.78, 5) is 26.4. The molecule has 0 bridgehead atoms. The normalized spacial score (nSPS) is 11.0. The first-order valence-electron chi connectivity index (χ1n) is 9.71. The minimum atomic E-state index is -3.87. The highest BCUT2D eigenvalue weighted by Gasteiger charge is 2.21. The van der Waals surface area contributed by atoms with E-state index in [-0.39, 0.29) is 28.8 Å². The quantitative estimate of drug-likeness (QED) is 0.525. The SMILES string of the molecule is CCCNC(=O)CN(CCC)C(=O)c1cccc(S(=O)(=O)Nc2ccc(Br)cc2)c1. The van der Waals surface area contributed by atoms with Gasteiger partial charge in [0.2, 0.25) is 5.91 Å². The van der Waals surface area contributed by atoms with Crippen molar-refractivity contribution in [3.63, 3.8) is 0 Å². The molecule has 7 nitrogen and oxygen atoms in total. The monoisotopic (exact) mass is 495 g/mol. The molecule has 0 aliphatic rings. The molecule has 2 amide bonds. The molecule has 2 rings (SSSR count). The van der Waals surface area contributed by atoms with Crippen molar-refractivity contribution in [2.75, 3.05) is 24.4 Å². The number of rotatable bonds is 10. The lowest BCUT2D eigenvalue weighted by molar-refractivity contribution is -0.121. The van der Waals surface area contributed by atoms with Crippen molar-refractivity contribution < 1.29 is 18.0 Å². The van der Waals surface area contributed by atoms with Gasteiger partial charge in [-0.1, -0.05) is 35.8 Å². The van der Waals surface area contributed by atoms with Gasteiger partial charge in [-0.25, -0.2) is 8.42 Å². The number of carbonyl (C=O) groups excluding carboxylic acids is 2. The Morgan fingerprint density at radius 2 is 1.73 bits per heavy atom. The van der Waals surface area contributed by atoms with E-state index >= 15 is 0 Å². The molecule has 0 aliphatic carbocycles. The van der Waals surface area contributed by atoms with Gasteiger partial charge in [0, 0.05) is 28.8 Å². The van der Waals surface area contributed by atoms with E-state index in [9.17, 15) is 18.0 Å². The van der Waals surface area contributed by atoms with Gasteiger partial charge in [-0.2, -0.15) is 0 Å². The molecule has 0 atom stereocenters. The molecular formula is C21H26BrN3O4S. The Kier molecular flexibility index (Phi) is 8.86. The zero-order valence-electron chi connectivity index (χ0n) is 17.0. The Bertz CT molecular complexity index is 978.